The molecule has 82 valence electrons. The Kier molecular flexibility index (Phi) is 2.72. The van der Waals surface area contributed by atoms with E-state index in [-0.39, 0.29) is 6.42 Å². The number of carbonyl (C=O) groups excluding carboxylic acids is 1. The van der Waals surface area contributed by atoms with Crippen molar-refractivity contribution in [3.63, 3.8) is 0 Å². The molecule has 1 aromatic carbocycles. The molecule has 0 amide bonds. The maximum Gasteiger partial charge on any atom is 0.312 e. The summed E-state index contributed by atoms with van der Waals surface area (Å²) in [6.45, 7) is 0. The van der Waals surface area contributed by atoms with Gasteiger partial charge in [0.05, 0.1) is 0 Å². The molecule has 4 nitrogen and oxygen atoms in total. The third-order valence-electron chi connectivity index (χ3n) is 2.61. The fraction of sp³-hybridized carbons (Fsp3) is 0.167. The molecular weight excluding hydrogens is 206 g/mol. The summed E-state index contributed by atoms with van der Waals surface area (Å²) in [5, 5.41) is 10.9. The van der Waals surface area contributed by atoms with Crippen LogP contribution in [0.3, 0.4) is 0 Å². The van der Waals surface area contributed by atoms with Crippen molar-refractivity contribution in [3.8, 4) is 0 Å². The molecule has 0 fully saturated rings. The summed E-state index contributed by atoms with van der Waals surface area (Å²) >= 11 is 0. The molecule has 0 aliphatic rings. The van der Waals surface area contributed by atoms with E-state index in [4.69, 9.17) is 5.11 Å². The fourth-order valence-corrected chi connectivity index (χ4v) is 1.83. The highest BCUT2D eigenvalue weighted by Crippen LogP contribution is 2.26. The average Bonchev–Trinajstić information content (AvgIpc) is 2.69. The number of aliphatic carboxylic acids is 1. The van der Waals surface area contributed by atoms with Crippen molar-refractivity contribution in [1.29, 1.82) is 0 Å². The molecule has 0 aliphatic carbocycles. The lowest BCUT2D eigenvalue weighted by molar-refractivity contribution is -0.139. The number of hydrogen-bond donors (Lipinski definition) is 2. The standard InChI is InChI=1S/C12H11NO3/c14-6-5-10(12(15)16)11-9-4-2-1-3-8(9)7-13-11/h1-4,6-7,10,13H,5H2,(H,15,16). The Labute approximate surface area is 91.9 Å². The predicted molar refractivity (Wildman–Crippen MR) is 59.4 cm³/mol. The van der Waals surface area contributed by atoms with E-state index in [1.807, 2.05) is 24.3 Å². The van der Waals surface area contributed by atoms with Crippen LogP contribution >= 0.6 is 0 Å². The van der Waals surface area contributed by atoms with Gasteiger partial charge in [-0.25, -0.2) is 0 Å². The van der Waals surface area contributed by atoms with E-state index in [0.717, 1.165) is 10.8 Å². The van der Waals surface area contributed by atoms with Gasteiger partial charge in [0.25, 0.3) is 0 Å². The molecule has 2 aromatic rings. The van der Waals surface area contributed by atoms with Crippen molar-refractivity contribution in [1.82, 2.24) is 4.98 Å². The van der Waals surface area contributed by atoms with Gasteiger partial charge in [0.1, 0.15) is 12.2 Å². The maximum absolute atomic E-state index is 11.1. The van der Waals surface area contributed by atoms with E-state index in [9.17, 15) is 9.59 Å². The molecule has 0 saturated carbocycles. The molecule has 2 N–H and O–H groups in total. The number of aromatic amines is 1. The molecule has 1 aromatic heterocycles. The van der Waals surface area contributed by atoms with Gasteiger partial charge in [-0.2, -0.15) is 0 Å². The molecule has 1 heterocycles. The molecule has 0 bridgehead atoms. The first kappa shape index (κ1) is 10.4. The van der Waals surface area contributed by atoms with Gasteiger partial charge in [-0.05, 0) is 5.39 Å². The van der Waals surface area contributed by atoms with Crippen LogP contribution in [0.5, 0.6) is 0 Å². The topological polar surface area (TPSA) is 70.2 Å². The number of carboxylic acids is 1. The summed E-state index contributed by atoms with van der Waals surface area (Å²) < 4.78 is 0. The van der Waals surface area contributed by atoms with E-state index in [1.54, 1.807) is 6.20 Å². The first-order valence-electron chi connectivity index (χ1n) is 4.96. The van der Waals surface area contributed by atoms with Crippen LogP contribution in [0.25, 0.3) is 10.8 Å². The van der Waals surface area contributed by atoms with Crippen LogP contribution in [0.15, 0.2) is 30.5 Å². The highest BCUT2D eigenvalue weighted by Gasteiger charge is 2.22. The van der Waals surface area contributed by atoms with Gasteiger partial charge in [0.2, 0.25) is 0 Å². The number of carbonyl (C=O) groups is 2. The lowest BCUT2D eigenvalue weighted by Crippen LogP contribution is -2.12. The molecule has 1 atom stereocenters. The molecule has 0 radical (unpaired) electrons. The molecule has 0 saturated heterocycles. The number of fused-ring (bicyclic) bond motifs is 1. The average molecular weight is 217 g/mol. The highest BCUT2D eigenvalue weighted by atomic mass is 16.4. The second-order valence-electron chi connectivity index (χ2n) is 3.58. The van der Waals surface area contributed by atoms with Gasteiger partial charge in [-0.15, -0.1) is 0 Å². The maximum atomic E-state index is 11.1. The fourth-order valence-electron chi connectivity index (χ4n) is 1.83. The highest BCUT2D eigenvalue weighted by molar-refractivity contribution is 5.91. The molecule has 4 heteroatoms. The summed E-state index contributed by atoms with van der Waals surface area (Å²) in [4.78, 5) is 24.5. The number of aldehydes is 1. The van der Waals surface area contributed by atoms with Crippen molar-refractivity contribution in [2.24, 2.45) is 0 Å². The summed E-state index contributed by atoms with van der Waals surface area (Å²) in [7, 11) is 0. The Morgan fingerprint density at radius 1 is 1.44 bits per heavy atom. The zero-order chi connectivity index (χ0) is 11.5. The largest absolute Gasteiger partial charge is 0.481 e. The van der Waals surface area contributed by atoms with Crippen LogP contribution in [0.2, 0.25) is 0 Å². The van der Waals surface area contributed by atoms with E-state index in [2.05, 4.69) is 4.98 Å². The van der Waals surface area contributed by atoms with Crippen LogP contribution in [-0.2, 0) is 9.59 Å². The van der Waals surface area contributed by atoms with Crippen molar-refractivity contribution >= 4 is 23.0 Å². The number of aromatic nitrogens is 1. The monoisotopic (exact) mass is 217 g/mol. The van der Waals surface area contributed by atoms with Crippen molar-refractivity contribution in [3.05, 3.63) is 36.2 Å². The molecule has 0 spiro atoms. The number of carboxylic acid groups (broad SMARTS) is 1. The van der Waals surface area contributed by atoms with Crippen LogP contribution in [0.1, 0.15) is 18.0 Å². The number of benzene rings is 1. The summed E-state index contributed by atoms with van der Waals surface area (Å²) in [6, 6.07) is 7.48. The lowest BCUT2D eigenvalue weighted by Gasteiger charge is -2.07. The van der Waals surface area contributed by atoms with Crippen molar-refractivity contribution in [2.45, 2.75) is 12.3 Å². The Morgan fingerprint density at radius 3 is 2.88 bits per heavy atom. The van der Waals surface area contributed by atoms with E-state index in [1.165, 1.54) is 0 Å². The first-order valence-corrected chi connectivity index (χ1v) is 4.96. The second kappa shape index (κ2) is 4.18. The summed E-state index contributed by atoms with van der Waals surface area (Å²) in [5.41, 5.74) is 0.593. The van der Waals surface area contributed by atoms with Crippen LogP contribution in [-0.4, -0.2) is 22.3 Å². The predicted octanol–water partition coefficient (Wildman–Crippen LogP) is 1.93. The Hall–Kier alpha value is -2.10. The van der Waals surface area contributed by atoms with Gasteiger partial charge >= 0.3 is 5.97 Å². The minimum atomic E-state index is -0.986. The van der Waals surface area contributed by atoms with Crippen molar-refractivity contribution < 1.29 is 14.7 Å². The first-order chi connectivity index (χ1) is 7.74. The normalized spacial score (nSPS) is 12.5. The zero-order valence-corrected chi connectivity index (χ0v) is 8.51. The van der Waals surface area contributed by atoms with Crippen LogP contribution < -0.4 is 0 Å². The van der Waals surface area contributed by atoms with Crippen LogP contribution in [0.4, 0.5) is 0 Å². The third-order valence-corrected chi connectivity index (χ3v) is 2.61. The molecule has 1 unspecified atom stereocenters. The summed E-state index contributed by atoms with van der Waals surface area (Å²) in [6.07, 6.45) is 2.37. The number of rotatable bonds is 4. The molecule has 2 rings (SSSR count). The smallest absolute Gasteiger partial charge is 0.312 e. The quantitative estimate of drug-likeness (QED) is 0.768. The minimum absolute atomic E-state index is 0.0140. The lowest BCUT2D eigenvalue weighted by atomic mass is 9.99. The van der Waals surface area contributed by atoms with E-state index >= 15 is 0 Å². The van der Waals surface area contributed by atoms with Gasteiger partial charge in [0.15, 0.2) is 0 Å². The second-order valence-corrected chi connectivity index (χ2v) is 3.58. The molecule has 0 aliphatic heterocycles. The Balaban J connectivity index is 2.52. The van der Waals surface area contributed by atoms with E-state index < -0.39 is 11.9 Å². The SMILES string of the molecule is O=CCC(C(=O)O)c1[nH]cc2ccccc12. The minimum Gasteiger partial charge on any atom is -0.481 e. The van der Waals surface area contributed by atoms with Gasteiger partial charge < -0.3 is 14.9 Å². The van der Waals surface area contributed by atoms with E-state index in [0.29, 0.717) is 12.0 Å². The third kappa shape index (κ3) is 1.69. The molecular formula is C12H11NO3. The van der Waals surface area contributed by atoms with Crippen molar-refractivity contribution in [2.75, 3.05) is 0 Å². The van der Waals surface area contributed by atoms with Gasteiger partial charge in [-0.1, -0.05) is 24.3 Å². The Morgan fingerprint density at radius 2 is 2.19 bits per heavy atom. The summed E-state index contributed by atoms with van der Waals surface area (Å²) in [5.74, 6) is -1.78. The van der Waals surface area contributed by atoms with Gasteiger partial charge in [0, 0.05) is 23.7 Å². The van der Waals surface area contributed by atoms with Crippen LogP contribution in [0, 0.1) is 0 Å². The van der Waals surface area contributed by atoms with Gasteiger partial charge in [-0.3, -0.25) is 4.79 Å². The number of H-pyrrole nitrogens is 1. The number of hydrogen-bond acceptors (Lipinski definition) is 2. The Bertz CT molecular complexity index is 530. The number of nitrogens with one attached hydrogen (secondary N) is 1. The zero-order valence-electron chi connectivity index (χ0n) is 8.51. The molecule has 16 heavy (non-hydrogen) atoms.